The summed E-state index contributed by atoms with van der Waals surface area (Å²) in [4.78, 5) is 16.4. The molecule has 1 aliphatic carbocycles. The molecule has 0 atom stereocenters. The van der Waals surface area contributed by atoms with Gasteiger partial charge in [-0.1, -0.05) is 18.2 Å². The summed E-state index contributed by atoms with van der Waals surface area (Å²) in [5.74, 6) is 0.695. The second-order valence-corrected chi connectivity index (χ2v) is 4.97. The molecule has 3 nitrogen and oxygen atoms in total. The monoisotopic (exact) mass is 240 g/mol. The maximum absolute atomic E-state index is 12.1. The van der Waals surface area contributed by atoms with Gasteiger partial charge in [0.2, 0.25) is 0 Å². The molecule has 1 aliphatic rings. The second-order valence-electron chi connectivity index (χ2n) is 4.97. The molecular formula is C15H16N2O. The lowest BCUT2D eigenvalue weighted by molar-refractivity contribution is 0.0951. The number of nitrogens with zero attached hydrogens (tertiary/aromatic N) is 1. The van der Waals surface area contributed by atoms with Gasteiger partial charge in [0, 0.05) is 18.1 Å². The van der Waals surface area contributed by atoms with Crippen LogP contribution in [0.4, 0.5) is 0 Å². The van der Waals surface area contributed by atoms with E-state index in [0.717, 1.165) is 23.0 Å². The molecule has 1 heterocycles. The average molecular weight is 240 g/mol. The Balaban J connectivity index is 1.90. The first-order valence-corrected chi connectivity index (χ1v) is 6.38. The van der Waals surface area contributed by atoms with Gasteiger partial charge in [0.05, 0.1) is 11.1 Å². The summed E-state index contributed by atoms with van der Waals surface area (Å²) in [7, 11) is 0. The van der Waals surface area contributed by atoms with Crippen molar-refractivity contribution in [3.05, 3.63) is 41.6 Å². The number of hydrogen-bond acceptors (Lipinski definition) is 2. The van der Waals surface area contributed by atoms with Crippen molar-refractivity contribution < 1.29 is 4.79 Å². The second kappa shape index (κ2) is 4.41. The lowest BCUT2D eigenvalue weighted by atomic mass is 10.0. The Morgan fingerprint density at radius 2 is 2.17 bits per heavy atom. The standard InChI is InChI=1S/C15H16N2O/c1-10-12-4-2-3-5-14(12)16-9-13(10)15(18)17-8-11-6-7-11/h2-5,9,11H,6-8H2,1H3,(H,17,18). The molecule has 18 heavy (non-hydrogen) atoms. The number of pyridine rings is 1. The molecule has 0 saturated heterocycles. The first kappa shape index (κ1) is 11.2. The summed E-state index contributed by atoms with van der Waals surface area (Å²) in [6, 6.07) is 7.91. The number of carbonyl (C=O) groups is 1. The van der Waals surface area contributed by atoms with E-state index in [1.165, 1.54) is 12.8 Å². The summed E-state index contributed by atoms with van der Waals surface area (Å²) in [6.45, 7) is 2.78. The van der Waals surface area contributed by atoms with Gasteiger partial charge >= 0.3 is 0 Å². The van der Waals surface area contributed by atoms with Crippen LogP contribution in [0.2, 0.25) is 0 Å². The fraction of sp³-hybridized carbons (Fsp3) is 0.333. The Morgan fingerprint density at radius 3 is 2.94 bits per heavy atom. The lowest BCUT2D eigenvalue weighted by Crippen LogP contribution is -2.26. The van der Waals surface area contributed by atoms with Crippen LogP contribution in [-0.2, 0) is 0 Å². The number of hydrogen-bond donors (Lipinski definition) is 1. The van der Waals surface area contributed by atoms with E-state index in [0.29, 0.717) is 11.5 Å². The topological polar surface area (TPSA) is 42.0 Å². The molecule has 1 amide bonds. The van der Waals surface area contributed by atoms with Gasteiger partial charge in [-0.2, -0.15) is 0 Å². The Kier molecular flexibility index (Phi) is 2.74. The quantitative estimate of drug-likeness (QED) is 0.896. The van der Waals surface area contributed by atoms with Crippen LogP contribution in [0.5, 0.6) is 0 Å². The number of aryl methyl sites for hydroxylation is 1. The zero-order valence-corrected chi connectivity index (χ0v) is 10.4. The minimum atomic E-state index is -0.00217. The zero-order chi connectivity index (χ0) is 12.5. The van der Waals surface area contributed by atoms with Gasteiger partial charge in [-0.25, -0.2) is 0 Å². The molecule has 0 radical (unpaired) electrons. The minimum absolute atomic E-state index is 0.00217. The number of fused-ring (bicyclic) bond motifs is 1. The molecular weight excluding hydrogens is 224 g/mol. The SMILES string of the molecule is Cc1c(C(=O)NCC2CC2)cnc2ccccc12. The largest absolute Gasteiger partial charge is 0.352 e. The molecule has 0 bridgehead atoms. The van der Waals surface area contributed by atoms with Gasteiger partial charge in [-0.15, -0.1) is 0 Å². The van der Waals surface area contributed by atoms with Crippen molar-refractivity contribution in [3.8, 4) is 0 Å². The molecule has 0 unspecified atom stereocenters. The fourth-order valence-corrected chi connectivity index (χ4v) is 2.16. The van der Waals surface area contributed by atoms with E-state index in [2.05, 4.69) is 10.3 Å². The minimum Gasteiger partial charge on any atom is -0.352 e. The van der Waals surface area contributed by atoms with E-state index in [4.69, 9.17) is 0 Å². The predicted molar refractivity (Wildman–Crippen MR) is 71.5 cm³/mol. The van der Waals surface area contributed by atoms with Crippen molar-refractivity contribution in [1.82, 2.24) is 10.3 Å². The van der Waals surface area contributed by atoms with E-state index in [-0.39, 0.29) is 5.91 Å². The van der Waals surface area contributed by atoms with Crippen LogP contribution in [0, 0.1) is 12.8 Å². The molecule has 2 aromatic rings. The maximum Gasteiger partial charge on any atom is 0.253 e. The summed E-state index contributed by atoms with van der Waals surface area (Å²) < 4.78 is 0. The maximum atomic E-state index is 12.1. The Hall–Kier alpha value is -1.90. The highest BCUT2D eigenvalue weighted by molar-refractivity contribution is 5.99. The van der Waals surface area contributed by atoms with Gasteiger partial charge in [0.15, 0.2) is 0 Å². The molecule has 0 spiro atoms. The van der Waals surface area contributed by atoms with E-state index < -0.39 is 0 Å². The number of para-hydroxylation sites is 1. The third kappa shape index (κ3) is 2.08. The fourth-order valence-electron chi connectivity index (χ4n) is 2.16. The summed E-state index contributed by atoms with van der Waals surface area (Å²) >= 11 is 0. The van der Waals surface area contributed by atoms with Crippen LogP contribution in [-0.4, -0.2) is 17.4 Å². The number of amides is 1. The van der Waals surface area contributed by atoms with Gasteiger partial charge in [-0.3, -0.25) is 9.78 Å². The zero-order valence-electron chi connectivity index (χ0n) is 10.4. The summed E-state index contributed by atoms with van der Waals surface area (Å²) in [6.07, 6.45) is 4.17. The Morgan fingerprint density at radius 1 is 1.39 bits per heavy atom. The third-order valence-corrected chi connectivity index (χ3v) is 3.54. The van der Waals surface area contributed by atoms with E-state index >= 15 is 0 Å². The van der Waals surface area contributed by atoms with Gasteiger partial charge in [0.1, 0.15) is 0 Å². The highest BCUT2D eigenvalue weighted by Gasteiger charge is 2.22. The van der Waals surface area contributed by atoms with E-state index in [9.17, 15) is 4.79 Å². The van der Waals surface area contributed by atoms with Crippen molar-refractivity contribution in [2.75, 3.05) is 6.54 Å². The lowest BCUT2D eigenvalue weighted by Gasteiger charge is -2.09. The highest BCUT2D eigenvalue weighted by atomic mass is 16.1. The van der Waals surface area contributed by atoms with Crippen molar-refractivity contribution in [1.29, 1.82) is 0 Å². The molecule has 3 rings (SSSR count). The number of nitrogens with one attached hydrogen (secondary N) is 1. The van der Waals surface area contributed by atoms with Crippen LogP contribution >= 0.6 is 0 Å². The molecule has 1 saturated carbocycles. The average Bonchev–Trinajstić information content (AvgIpc) is 3.21. The number of benzene rings is 1. The van der Waals surface area contributed by atoms with Crippen molar-refractivity contribution >= 4 is 16.8 Å². The Labute approximate surface area is 106 Å². The van der Waals surface area contributed by atoms with Crippen LogP contribution in [0.1, 0.15) is 28.8 Å². The Bertz CT molecular complexity index is 602. The van der Waals surface area contributed by atoms with Crippen LogP contribution in [0.25, 0.3) is 10.9 Å². The number of aromatic nitrogens is 1. The van der Waals surface area contributed by atoms with Crippen LogP contribution in [0.15, 0.2) is 30.5 Å². The number of carbonyl (C=O) groups excluding carboxylic acids is 1. The van der Waals surface area contributed by atoms with E-state index in [1.807, 2.05) is 31.2 Å². The van der Waals surface area contributed by atoms with Gasteiger partial charge in [-0.05, 0) is 37.3 Å². The molecule has 3 heteroatoms. The predicted octanol–water partition coefficient (Wildman–Crippen LogP) is 2.68. The van der Waals surface area contributed by atoms with Gasteiger partial charge in [0.25, 0.3) is 5.91 Å². The van der Waals surface area contributed by atoms with Crippen molar-refractivity contribution in [2.45, 2.75) is 19.8 Å². The molecule has 1 aromatic carbocycles. The molecule has 1 N–H and O–H groups in total. The van der Waals surface area contributed by atoms with Crippen LogP contribution < -0.4 is 5.32 Å². The molecule has 92 valence electrons. The summed E-state index contributed by atoms with van der Waals surface area (Å²) in [5.41, 5.74) is 2.64. The van der Waals surface area contributed by atoms with Crippen molar-refractivity contribution in [2.24, 2.45) is 5.92 Å². The first-order valence-electron chi connectivity index (χ1n) is 6.38. The van der Waals surface area contributed by atoms with E-state index in [1.54, 1.807) is 6.20 Å². The molecule has 1 aromatic heterocycles. The molecule has 0 aliphatic heterocycles. The summed E-state index contributed by atoms with van der Waals surface area (Å²) in [5, 5.41) is 4.04. The van der Waals surface area contributed by atoms with Crippen molar-refractivity contribution in [3.63, 3.8) is 0 Å². The third-order valence-electron chi connectivity index (χ3n) is 3.54. The highest BCUT2D eigenvalue weighted by Crippen LogP contribution is 2.27. The molecule has 1 fully saturated rings. The smallest absolute Gasteiger partial charge is 0.253 e. The van der Waals surface area contributed by atoms with Crippen LogP contribution in [0.3, 0.4) is 0 Å². The first-order chi connectivity index (χ1) is 8.75. The van der Waals surface area contributed by atoms with Gasteiger partial charge < -0.3 is 5.32 Å². The normalized spacial score (nSPS) is 14.7. The number of rotatable bonds is 3.